The highest BCUT2D eigenvalue weighted by Gasteiger charge is 2.38. The predicted octanol–water partition coefficient (Wildman–Crippen LogP) is 2.78. The van der Waals surface area contributed by atoms with E-state index in [-0.39, 0.29) is 22.5 Å². The zero-order valence-corrected chi connectivity index (χ0v) is 13.8. The lowest BCUT2D eigenvalue weighted by Gasteiger charge is -2.30. The minimum absolute atomic E-state index is 0.0239. The van der Waals surface area contributed by atoms with E-state index in [0.29, 0.717) is 11.4 Å². The number of alkyl halides is 2. The van der Waals surface area contributed by atoms with Gasteiger partial charge in [-0.15, -0.1) is 0 Å². The van der Waals surface area contributed by atoms with Crippen molar-refractivity contribution in [1.82, 2.24) is 5.32 Å². The second-order valence-electron chi connectivity index (χ2n) is 5.35. The third kappa shape index (κ3) is 3.62. The van der Waals surface area contributed by atoms with Gasteiger partial charge >= 0.3 is 18.6 Å². The number of ether oxygens (including phenoxy) is 2. The molecule has 2 rings (SSSR count). The number of aliphatic carboxylic acids is 1. The number of carbonyl (C=O) groups is 2. The van der Waals surface area contributed by atoms with Crippen molar-refractivity contribution in [2.75, 3.05) is 7.11 Å². The minimum atomic E-state index is -3.09. The van der Waals surface area contributed by atoms with Crippen molar-refractivity contribution in [2.24, 2.45) is 0 Å². The highest BCUT2D eigenvalue weighted by Crippen LogP contribution is 2.42. The number of dihydropyridines is 1. The van der Waals surface area contributed by atoms with Gasteiger partial charge in [-0.3, -0.25) is 0 Å². The van der Waals surface area contributed by atoms with Crippen LogP contribution in [0.2, 0.25) is 0 Å². The Bertz CT molecular complexity index is 770. The molecule has 1 atom stereocenters. The van der Waals surface area contributed by atoms with Gasteiger partial charge in [0.15, 0.2) is 0 Å². The molecule has 0 fully saturated rings. The zero-order valence-electron chi connectivity index (χ0n) is 13.8. The first kappa shape index (κ1) is 18.4. The average Bonchev–Trinajstić information content (AvgIpc) is 2.53. The quantitative estimate of drug-likeness (QED) is 0.792. The molecule has 1 heterocycles. The molecule has 0 saturated heterocycles. The van der Waals surface area contributed by atoms with Gasteiger partial charge in [0.1, 0.15) is 5.75 Å². The van der Waals surface area contributed by atoms with Gasteiger partial charge in [-0.25, -0.2) is 9.59 Å². The smallest absolute Gasteiger partial charge is 0.387 e. The van der Waals surface area contributed by atoms with Crippen LogP contribution in [-0.2, 0) is 14.3 Å². The molecule has 6 nitrogen and oxygen atoms in total. The molecule has 2 N–H and O–H groups in total. The molecule has 134 valence electrons. The third-order valence-electron chi connectivity index (χ3n) is 3.84. The van der Waals surface area contributed by atoms with Crippen molar-refractivity contribution < 1.29 is 33.0 Å². The molecule has 0 amide bonds. The summed E-state index contributed by atoms with van der Waals surface area (Å²) >= 11 is 0. The molecule has 1 aromatic carbocycles. The number of carboxylic acids is 1. The monoisotopic (exact) mass is 353 g/mol. The first-order valence-corrected chi connectivity index (χ1v) is 7.31. The maximum Gasteiger partial charge on any atom is 0.387 e. The minimum Gasteiger partial charge on any atom is -0.478 e. The number of carbonyl (C=O) groups excluding carboxylic acids is 1. The topological polar surface area (TPSA) is 84.9 Å². The van der Waals surface area contributed by atoms with Crippen LogP contribution in [0.5, 0.6) is 5.75 Å². The summed E-state index contributed by atoms with van der Waals surface area (Å²) in [6, 6.07) is 5.77. The van der Waals surface area contributed by atoms with Crippen LogP contribution in [-0.4, -0.2) is 30.8 Å². The molecule has 1 aromatic rings. The summed E-state index contributed by atoms with van der Waals surface area (Å²) in [5.74, 6) is -3.35. The van der Waals surface area contributed by atoms with E-state index in [4.69, 9.17) is 4.74 Å². The van der Waals surface area contributed by atoms with Gasteiger partial charge < -0.3 is 19.9 Å². The number of rotatable bonds is 5. The van der Waals surface area contributed by atoms with Crippen LogP contribution in [0.1, 0.15) is 25.3 Å². The molecule has 25 heavy (non-hydrogen) atoms. The van der Waals surface area contributed by atoms with E-state index >= 15 is 0 Å². The van der Waals surface area contributed by atoms with Crippen molar-refractivity contribution in [3.8, 4) is 5.75 Å². The molecule has 1 aliphatic heterocycles. The first-order chi connectivity index (χ1) is 11.8. The second kappa shape index (κ2) is 7.33. The van der Waals surface area contributed by atoms with Crippen LogP contribution in [0, 0.1) is 0 Å². The summed E-state index contributed by atoms with van der Waals surface area (Å²) in [7, 11) is 1.16. The fraction of sp³-hybridized carbons (Fsp3) is 0.294. The molecule has 0 bridgehead atoms. The molecule has 8 heteroatoms. The van der Waals surface area contributed by atoms with Crippen LogP contribution in [0.15, 0.2) is 46.8 Å². The average molecular weight is 353 g/mol. The summed E-state index contributed by atoms with van der Waals surface area (Å²) in [5.41, 5.74) is 0.702. The van der Waals surface area contributed by atoms with E-state index in [9.17, 15) is 23.5 Å². The third-order valence-corrected chi connectivity index (χ3v) is 3.84. The predicted molar refractivity (Wildman–Crippen MR) is 84.0 cm³/mol. The van der Waals surface area contributed by atoms with E-state index < -0.39 is 24.5 Å². The summed E-state index contributed by atoms with van der Waals surface area (Å²) in [6.07, 6.45) is 0. The number of hydrogen-bond acceptors (Lipinski definition) is 5. The molecule has 1 aliphatic rings. The number of benzene rings is 1. The van der Waals surface area contributed by atoms with E-state index in [1.807, 2.05) is 0 Å². The standard InChI is InChI=1S/C17H17F2NO5/c1-8-12(15(21)22)14(13(9(2)20-8)16(23)24-3)10-6-4-5-7-11(10)25-17(18)19/h4-7,14,17,20H,1-3H3,(H,21,22). The fourth-order valence-corrected chi connectivity index (χ4v) is 2.89. The van der Waals surface area contributed by atoms with Gasteiger partial charge in [-0.1, -0.05) is 18.2 Å². The second-order valence-corrected chi connectivity index (χ2v) is 5.35. The number of nitrogens with one attached hydrogen (secondary N) is 1. The largest absolute Gasteiger partial charge is 0.478 e. The van der Waals surface area contributed by atoms with E-state index in [1.165, 1.54) is 25.1 Å². The Kier molecular flexibility index (Phi) is 5.41. The van der Waals surface area contributed by atoms with Crippen molar-refractivity contribution in [3.05, 3.63) is 52.4 Å². The maximum atomic E-state index is 12.7. The number of esters is 1. The summed E-state index contributed by atoms with van der Waals surface area (Å²) in [4.78, 5) is 24.0. The summed E-state index contributed by atoms with van der Waals surface area (Å²) in [6.45, 7) is 0.0237. The molecule has 1 unspecified atom stereocenters. The Morgan fingerprint density at radius 2 is 1.76 bits per heavy atom. The Morgan fingerprint density at radius 1 is 1.16 bits per heavy atom. The molecule has 0 saturated carbocycles. The number of para-hydroxylation sites is 1. The molecule has 0 aliphatic carbocycles. The Hall–Kier alpha value is -2.90. The molecular weight excluding hydrogens is 336 g/mol. The number of allylic oxidation sites excluding steroid dienone is 2. The van der Waals surface area contributed by atoms with Gasteiger partial charge in [-0.05, 0) is 19.9 Å². The van der Waals surface area contributed by atoms with E-state index in [0.717, 1.165) is 7.11 Å². The zero-order chi connectivity index (χ0) is 18.7. The number of hydrogen-bond donors (Lipinski definition) is 2. The van der Waals surface area contributed by atoms with Crippen molar-refractivity contribution in [2.45, 2.75) is 26.4 Å². The van der Waals surface area contributed by atoms with Gasteiger partial charge in [-0.2, -0.15) is 8.78 Å². The summed E-state index contributed by atoms with van der Waals surface area (Å²) < 4.78 is 34.7. The van der Waals surface area contributed by atoms with Crippen LogP contribution >= 0.6 is 0 Å². The van der Waals surface area contributed by atoms with Crippen LogP contribution in [0.25, 0.3) is 0 Å². The van der Waals surface area contributed by atoms with E-state index in [1.54, 1.807) is 13.0 Å². The Balaban J connectivity index is 2.72. The van der Waals surface area contributed by atoms with Gasteiger partial charge in [0, 0.05) is 17.0 Å². The van der Waals surface area contributed by atoms with E-state index in [2.05, 4.69) is 10.1 Å². The highest BCUT2D eigenvalue weighted by molar-refractivity contribution is 5.99. The molecule has 0 aromatic heterocycles. The molecule has 0 spiro atoms. The van der Waals surface area contributed by atoms with Gasteiger partial charge in [0.2, 0.25) is 0 Å². The lowest BCUT2D eigenvalue weighted by atomic mass is 9.80. The fourth-order valence-electron chi connectivity index (χ4n) is 2.89. The number of halogens is 2. The lowest BCUT2D eigenvalue weighted by molar-refractivity contribution is -0.136. The SMILES string of the molecule is COC(=O)C1=C(C)NC(C)=C(C(=O)O)C1c1ccccc1OC(F)F. The molecular formula is C17H17F2NO5. The maximum absolute atomic E-state index is 12.7. The van der Waals surface area contributed by atoms with Gasteiger partial charge in [0.25, 0.3) is 0 Å². The van der Waals surface area contributed by atoms with Crippen LogP contribution in [0.4, 0.5) is 8.78 Å². The van der Waals surface area contributed by atoms with Crippen molar-refractivity contribution >= 4 is 11.9 Å². The first-order valence-electron chi connectivity index (χ1n) is 7.31. The van der Waals surface area contributed by atoms with Crippen LogP contribution in [0.3, 0.4) is 0 Å². The van der Waals surface area contributed by atoms with Crippen LogP contribution < -0.4 is 10.1 Å². The Labute approximate surface area is 142 Å². The number of carboxylic acid groups (broad SMARTS) is 1. The Morgan fingerprint density at radius 3 is 2.32 bits per heavy atom. The van der Waals surface area contributed by atoms with Crippen molar-refractivity contribution in [3.63, 3.8) is 0 Å². The molecule has 0 radical (unpaired) electrons. The lowest BCUT2D eigenvalue weighted by Crippen LogP contribution is -2.31. The summed E-state index contributed by atoms with van der Waals surface area (Å²) in [5, 5.41) is 12.4. The number of methoxy groups -OCH3 is 1. The normalized spacial score (nSPS) is 17.4. The van der Waals surface area contributed by atoms with Crippen molar-refractivity contribution in [1.29, 1.82) is 0 Å². The van der Waals surface area contributed by atoms with Gasteiger partial charge in [0.05, 0.1) is 24.2 Å². The highest BCUT2D eigenvalue weighted by atomic mass is 19.3.